The Hall–Kier alpha value is -1.51. The Morgan fingerprint density at radius 2 is 2.00 bits per heavy atom. The molecule has 1 aromatic carbocycles. The molecule has 0 saturated heterocycles. The van der Waals surface area contributed by atoms with E-state index in [4.69, 9.17) is 0 Å². The predicted molar refractivity (Wildman–Crippen MR) is 64.9 cm³/mol. The molecule has 1 spiro atoms. The molecule has 1 N–H and O–H groups in total. The quantitative estimate of drug-likeness (QED) is 0.721. The molecule has 0 bridgehead atoms. The van der Waals surface area contributed by atoms with Crippen molar-refractivity contribution in [3.05, 3.63) is 23.3 Å². The second-order valence-electron chi connectivity index (χ2n) is 5.02. The summed E-state index contributed by atoms with van der Waals surface area (Å²) in [6, 6.07) is 4.26. The molecule has 0 radical (unpaired) electrons. The highest BCUT2D eigenvalue weighted by Crippen LogP contribution is 2.50. The van der Waals surface area contributed by atoms with Gasteiger partial charge < -0.3 is 10.2 Å². The summed E-state index contributed by atoms with van der Waals surface area (Å²) in [5.74, 6) is 0.162. The summed E-state index contributed by atoms with van der Waals surface area (Å²) in [7, 11) is 2.03. The van der Waals surface area contributed by atoms with Crippen LogP contribution < -0.4 is 10.2 Å². The van der Waals surface area contributed by atoms with Gasteiger partial charge in [-0.15, -0.1) is 0 Å². The second kappa shape index (κ2) is 2.78. The molecule has 1 amide bonds. The van der Waals surface area contributed by atoms with Crippen molar-refractivity contribution in [1.82, 2.24) is 0 Å². The topological polar surface area (TPSA) is 32.3 Å². The minimum Gasteiger partial charge on any atom is -0.358 e. The van der Waals surface area contributed by atoms with E-state index in [-0.39, 0.29) is 11.4 Å². The van der Waals surface area contributed by atoms with Crippen LogP contribution in [0.2, 0.25) is 0 Å². The molecular formula is C13H16N2O. The van der Waals surface area contributed by atoms with Crippen LogP contribution in [0.15, 0.2) is 12.1 Å². The van der Waals surface area contributed by atoms with Crippen molar-refractivity contribution >= 4 is 17.3 Å². The van der Waals surface area contributed by atoms with Crippen molar-refractivity contribution in [3.63, 3.8) is 0 Å². The standard InChI is InChI=1S/C13H16N2O/c1-8-6-9(2)11-10(7-8)15(3)13(4-5-13)12(16)14-11/h6-7H,4-5H2,1-3H3,(H,14,16). The van der Waals surface area contributed by atoms with Gasteiger partial charge in [0.05, 0.1) is 11.4 Å². The van der Waals surface area contributed by atoms with Gasteiger partial charge in [0, 0.05) is 7.05 Å². The van der Waals surface area contributed by atoms with E-state index in [0.29, 0.717) is 0 Å². The zero-order valence-electron chi connectivity index (χ0n) is 9.92. The smallest absolute Gasteiger partial charge is 0.250 e. The summed E-state index contributed by atoms with van der Waals surface area (Å²) < 4.78 is 0. The molecule has 1 aliphatic carbocycles. The molecule has 0 unspecified atom stereocenters. The molecule has 1 heterocycles. The van der Waals surface area contributed by atoms with Gasteiger partial charge in [-0.25, -0.2) is 0 Å². The van der Waals surface area contributed by atoms with Gasteiger partial charge in [-0.2, -0.15) is 0 Å². The number of likely N-dealkylation sites (N-methyl/N-ethyl adjacent to an activating group) is 1. The molecule has 1 aliphatic heterocycles. The van der Waals surface area contributed by atoms with Crippen LogP contribution in [0.4, 0.5) is 11.4 Å². The van der Waals surface area contributed by atoms with Crippen molar-refractivity contribution in [3.8, 4) is 0 Å². The van der Waals surface area contributed by atoms with E-state index in [1.807, 2.05) is 14.0 Å². The third-order valence-corrected chi connectivity index (χ3v) is 3.85. The predicted octanol–water partition coefficient (Wildman–Crippen LogP) is 2.22. The molecule has 1 aromatic rings. The number of nitrogens with one attached hydrogen (secondary N) is 1. The lowest BCUT2D eigenvalue weighted by Gasteiger charge is -2.36. The number of carbonyl (C=O) groups excluding carboxylic acids is 1. The van der Waals surface area contributed by atoms with Gasteiger partial charge in [-0.1, -0.05) is 6.07 Å². The van der Waals surface area contributed by atoms with Crippen LogP contribution in [0.1, 0.15) is 24.0 Å². The van der Waals surface area contributed by atoms with Gasteiger partial charge in [0.2, 0.25) is 5.91 Å². The van der Waals surface area contributed by atoms with Crippen LogP contribution in [-0.4, -0.2) is 18.5 Å². The van der Waals surface area contributed by atoms with E-state index in [1.165, 1.54) is 5.56 Å². The molecular weight excluding hydrogens is 200 g/mol. The van der Waals surface area contributed by atoms with Gasteiger partial charge >= 0.3 is 0 Å². The number of nitrogens with zero attached hydrogens (tertiary/aromatic N) is 1. The van der Waals surface area contributed by atoms with E-state index in [2.05, 4.69) is 29.3 Å². The van der Waals surface area contributed by atoms with Crippen LogP contribution in [-0.2, 0) is 4.79 Å². The molecule has 3 heteroatoms. The fourth-order valence-corrected chi connectivity index (χ4v) is 2.67. The Balaban J connectivity index is 2.19. The van der Waals surface area contributed by atoms with Crippen molar-refractivity contribution in [2.45, 2.75) is 32.2 Å². The number of rotatable bonds is 0. The summed E-state index contributed by atoms with van der Waals surface area (Å²) >= 11 is 0. The maximum absolute atomic E-state index is 12.0. The highest BCUT2D eigenvalue weighted by molar-refractivity contribution is 6.09. The Labute approximate surface area is 95.4 Å². The Morgan fingerprint density at radius 3 is 2.62 bits per heavy atom. The van der Waals surface area contributed by atoms with E-state index in [1.54, 1.807) is 0 Å². The van der Waals surface area contributed by atoms with Crippen LogP contribution >= 0.6 is 0 Å². The van der Waals surface area contributed by atoms with Crippen LogP contribution in [0.3, 0.4) is 0 Å². The van der Waals surface area contributed by atoms with Gasteiger partial charge in [-0.05, 0) is 43.9 Å². The van der Waals surface area contributed by atoms with Crippen LogP contribution in [0, 0.1) is 13.8 Å². The number of aryl methyl sites for hydroxylation is 2. The van der Waals surface area contributed by atoms with Crippen LogP contribution in [0.25, 0.3) is 0 Å². The van der Waals surface area contributed by atoms with Crippen molar-refractivity contribution in [1.29, 1.82) is 0 Å². The van der Waals surface area contributed by atoms with Crippen molar-refractivity contribution in [2.24, 2.45) is 0 Å². The number of carbonyl (C=O) groups is 1. The van der Waals surface area contributed by atoms with Gasteiger partial charge in [0.15, 0.2) is 0 Å². The normalized spacial score (nSPS) is 20.7. The lowest BCUT2D eigenvalue weighted by Crippen LogP contribution is -2.48. The average Bonchev–Trinajstić information content (AvgIpc) is 2.99. The second-order valence-corrected chi connectivity index (χ2v) is 5.02. The van der Waals surface area contributed by atoms with Gasteiger partial charge in [0.25, 0.3) is 0 Å². The zero-order chi connectivity index (χ0) is 11.5. The first-order valence-electron chi connectivity index (χ1n) is 5.71. The van der Waals surface area contributed by atoms with E-state index >= 15 is 0 Å². The Kier molecular flexibility index (Phi) is 1.69. The third kappa shape index (κ3) is 1.06. The summed E-state index contributed by atoms with van der Waals surface area (Å²) in [6.07, 6.45) is 1.95. The molecule has 3 rings (SSSR count). The number of fused-ring (bicyclic) bond motifs is 1. The SMILES string of the molecule is Cc1cc(C)c2c(c1)N(C)C1(CC1)C(=O)N2. The third-order valence-electron chi connectivity index (χ3n) is 3.85. The number of hydrogen-bond donors (Lipinski definition) is 1. The Bertz CT molecular complexity index is 489. The molecule has 1 saturated carbocycles. The van der Waals surface area contributed by atoms with Gasteiger partial charge in [-0.3, -0.25) is 4.79 Å². The van der Waals surface area contributed by atoms with E-state index < -0.39 is 0 Å². The summed E-state index contributed by atoms with van der Waals surface area (Å²) in [5.41, 5.74) is 4.29. The van der Waals surface area contributed by atoms with Gasteiger partial charge in [0.1, 0.15) is 5.54 Å². The zero-order valence-corrected chi connectivity index (χ0v) is 9.92. The summed E-state index contributed by atoms with van der Waals surface area (Å²) in [5, 5.41) is 3.06. The fraction of sp³-hybridized carbons (Fsp3) is 0.462. The first kappa shape index (κ1) is 9.70. The number of hydrogen-bond acceptors (Lipinski definition) is 2. The lowest BCUT2D eigenvalue weighted by atomic mass is 10.0. The molecule has 0 atom stereocenters. The maximum Gasteiger partial charge on any atom is 0.250 e. The van der Waals surface area contributed by atoms with E-state index in [0.717, 1.165) is 29.8 Å². The maximum atomic E-state index is 12.0. The Morgan fingerprint density at radius 1 is 1.31 bits per heavy atom. The first-order chi connectivity index (χ1) is 7.54. The summed E-state index contributed by atoms with van der Waals surface area (Å²) in [4.78, 5) is 14.2. The van der Waals surface area contributed by atoms with E-state index in [9.17, 15) is 4.79 Å². The molecule has 3 nitrogen and oxygen atoms in total. The van der Waals surface area contributed by atoms with Crippen LogP contribution in [0.5, 0.6) is 0 Å². The number of anilines is 2. The minimum atomic E-state index is -0.243. The number of benzene rings is 1. The fourth-order valence-electron chi connectivity index (χ4n) is 2.67. The molecule has 16 heavy (non-hydrogen) atoms. The molecule has 0 aromatic heterocycles. The largest absolute Gasteiger partial charge is 0.358 e. The number of amides is 1. The highest BCUT2D eigenvalue weighted by Gasteiger charge is 2.56. The van der Waals surface area contributed by atoms with Crippen molar-refractivity contribution in [2.75, 3.05) is 17.3 Å². The first-order valence-corrected chi connectivity index (χ1v) is 5.71. The lowest BCUT2D eigenvalue weighted by molar-refractivity contribution is -0.118. The monoisotopic (exact) mass is 216 g/mol. The highest BCUT2D eigenvalue weighted by atomic mass is 16.2. The minimum absolute atomic E-state index is 0.162. The molecule has 2 aliphatic rings. The molecule has 84 valence electrons. The average molecular weight is 216 g/mol. The van der Waals surface area contributed by atoms with Crippen molar-refractivity contribution < 1.29 is 4.79 Å². The molecule has 1 fully saturated rings. The summed E-state index contributed by atoms with van der Waals surface area (Å²) in [6.45, 7) is 4.14.